The van der Waals surface area contributed by atoms with Gasteiger partial charge in [0, 0.05) is 0 Å². The van der Waals surface area contributed by atoms with Gasteiger partial charge in [-0.2, -0.15) is 0 Å². The number of guanidine groups is 1. The third-order valence-corrected chi connectivity index (χ3v) is 2.49. The average molecular weight is 156 g/mol. The third kappa shape index (κ3) is 1.64. The summed E-state index contributed by atoms with van der Waals surface area (Å²) in [5.74, 6) is 0.477. The molecule has 1 heterocycles. The van der Waals surface area contributed by atoms with E-state index in [0.717, 1.165) is 0 Å². The second kappa shape index (κ2) is 3.11. The molecule has 0 unspecified atom stereocenters. The van der Waals surface area contributed by atoms with Crippen LogP contribution in [0.25, 0.3) is 0 Å². The molecule has 1 rings (SSSR count). The average Bonchev–Trinajstić information content (AvgIpc) is 1.85. The zero-order valence-electron chi connectivity index (χ0n) is 7.38. The Morgan fingerprint density at radius 1 is 1.18 bits per heavy atom. The molecule has 0 aromatic carbocycles. The zero-order valence-corrected chi connectivity index (χ0v) is 7.38. The summed E-state index contributed by atoms with van der Waals surface area (Å²) in [4.78, 5) is 0. The molecule has 0 aromatic rings. The van der Waals surface area contributed by atoms with E-state index in [1.165, 1.54) is 19.3 Å². The Morgan fingerprint density at radius 3 is 1.91 bits per heavy atom. The number of piperidine rings is 1. The van der Waals surface area contributed by atoms with Gasteiger partial charge in [0.25, 0.3) is 0 Å². The second-order valence-corrected chi connectivity index (χ2v) is 3.46. The minimum Gasteiger partial charge on any atom is -0.291 e. The van der Waals surface area contributed by atoms with Crippen molar-refractivity contribution < 1.29 is 4.58 Å². The van der Waals surface area contributed by atoms with Gasteiger partial charge < -0.3 is 0 Å². The van der Waals surface area contributed by atoms with Gasteiger partial charge in [-0.25, -0.2) is 0 Å². The van der Waals surface area contributed by atoms with Gasteiger partial charge in [-0.3, -0.25) is 16.0 Å². The smallest absolute Gasteiger partial charge is 0.291 e. The molecule has 0 aromatic heterocycles. The highest BCUT2D eigenvalue weighted by Gasteiger charge is 2.24. The van der Waals surface area contributed by atoms with E-state index in [4.69, 9.17) is 11.5 Å². The topological polar surface area (TPSA) is 55.0 Å². The molecule has 4 N–H and O–H groups in total. The van der Waals surface area contributed by atoms with Crippen molar-refractivity contribution in [1.29, 1.82) is 0 Å². The van der Waals surface area contributed by atoms with Crippen LogP contribution in [0.1, 0.15) is 33.1 Å². The minimum absolute atomic E-state index is 0.477. The van der Waals surface area contributed by atoms with Gasteiger partial charge in [0.2, 0.25) is 0 Å². The lowest BCUT2D eigenvalue weighted by molar-refractivity contribution is -0.606. The molecule has 3 heteroatoms. The van der Waals surface area contributed by atoms with Gasteiger partial charge in [0.1, 0.15) is 0 Å². The quantitative estimate of drug-likeness (QED) is 0.390. The van der Waals surface area contributed by atoms with Crippen LogP contribution < -0.4 is 11.5 Å². The Labute approximate surface area is 68.1 Å². The highest BCUT2D eigenvalue weighted by molar-refractivity contribution is 5.70. The monoisotopic (exact) mass is 156 g/mol. The molecule has 1 aliphatic heterocycles. The van der Waals surface area contributed by atoms with Crippen LogP contribution in [-0.2, 0) is 0 Å². The van der Waals surface area contributed by atoms with Crippen molar-refractivity contribution >= 4 is 5.96 Å². The number of nitrogens with two attached hydrogens (primary N) is 2. The van der Waals surface area contributed by atoms with E-state index in [-0.39, 0.29) is 0 Å². The van der Waals surface area contributed by atoms with Gasteiger partial charge in [-0.1, -0.05) is 0 Å². The first-order valence-corrected chi connectivity index (χ1v) is 4.29. The Kier molecular flexibility index (Phi) is 2.37. The predicted octanol–water partition coefficient (Wildman–Crippen LogP) is 0.233. The first-order valence-electron chi connectivity index (χ1n) is 4.29. The summed E-state index contributed by atoms with van der Waals surface area (Å²) in [6.45, 7) is 4.35. The normalized spacial score (nSPS) is 32.0. The van der Waals surface area contributed by atoms with E-state index in [9.17, 15) is 0 Å². The van der Waals surface area contributed by atoms with Gasteiger partial charge >= 0.3 is 5.96 Å². The van der Waals surface area contributed by atoms with Crippen molar-refractivity contribution in [2.24, 2.45) is 11.5 Å². The molecule has 0 aliphatic carbocycles. The molecule has 2 atom stereocenters. The molecule has 0 spiro atoms. The fraction of sp³-hybridized carbons (Fsp3) is 0.875. The van der Waals surface area contributed by atoms with Crippen LogP contribution in [-0.4, -0.2) is 22.6 Å². The molecular formula is C8H18N3+. The van der Waals surface area contributed by atoms with Gasteiger partial charge in [0.15, 0.2) is 0 Å². The molecule has 0 saturated carbocycles. The van der Waals surface area contributed by atoms with Crippen LogP contribution in [0.3, 0.4) is 0 Å². The van der Waals surface area contributed by atoms with Crippen molar-refractivity contribution in [2.45, 2.75) is 45.2 Å². The van der Waals surface area contributed by atoms with Crippen molar-refractivity contribution in [1.82, 2.24) is 0 Å². The Hall–Kier alpha value is -0.730. The summed E-state index contributed by atoms with van der Waals surface area (Å²) in [5, 5.41) is 0. The van der Waals surface area contributed by atoms with E-state index < -0.39 is 0 Å². The molecule has 3 nitrogen and oxygen atoms in total. The lowest BCUT2D eigenvalue weighted by atomic mass is 10.00. The van der Waals surface area contributed by atoms with Crippen LogP contribution in [0, 0.1) is 0 Å². The summed E-state index contributed by atoms with van der Waals surface area (Å²) in [6, 6.07) is 1.03. The zero-order chi connectivity index (χ0) is 8.43. The number of hydrogen-bond donors (Lipinski definition) is 2. The fourth-order valence-electron chi connectivity index (χ4n) is 1.93. The van der Waals surface area contributed by atoms with Crippen LogP contribution in [0.15, 0.2) is 0 Å². The summed E-state index contributed by atoms with van der Waals surface area (Å²) in [7, 11) is 0. The summed E-state index contributed by atoms with van der Waals surface area (Å²) in [6.07, 6.45) is 3.72. The fourth-order valence-corrected chi connectivity index (χ4v) is 1.93. The Balaban J connectivity index is 2.79. The van der Waals surface area contributed by atoms with E-state index in [2.05, 4.69) is 18.4 Å². The van der Waals surface area contributed by atoms with Crippen LogP contribution in [0.5, 0.6) is 0 Å². The summed E-state index contributed by atoms with van der Waals surface area (Å²) >= 11 is 0. The third-order valence-electron chi connectivity index (χ3n) is 2.49. The molecule has 0 bridgehead atoms. The molecule has 0 radical (unpaired) electrons. The molecule has 1 aliphatic rings. The number of rotatable bonds is 0. The lowest BCUT2D eigenvalue weighted by Crippen LogP contribution is -2.46. The van der Waals surface area contributed by atoms with Crippen molar-refractivity contribution in [3.05, 3.63) is 0 Å². The Morgan fingerprint density at radius 2 is 1.64 bits per heavy atom. The molecule has 0 amide bonds. The molecule has 1 saturated heterocycles. The lowest BCUT2D eigenvalue weighted by Gasteiger charge is -2.28. The molecular weight excluding hydrogens is 138 g/mol. The highest BCUT2D eigenvalue weighted by Crippen LogP contribution is 2.17. The maximum absolute atomic E-state index is 5.57. The van der Waals surface area contributed by atoms with Crippen LogP contribution in [0.4, 0.5) is 0 Å². The van der Waals surface area contributed by atoms with Crippen LogP contribution >= 0.6 is 0 Å². The molecule has 11 heavy (non-hydrogen) atoms. The first-order chi connectivity index (χ1) is 5.13. The maximum Gasteiger partial charge on any atom is 0.341 e. The second-order valence-electron chi connectivity index (χ2n) is 3.46. The predicted molar refractivity (Wildman–Crippen MR) is 46.4 cm³/mol. The van der Waals surface area contributed by atoms with Gasteiger partial charge in [0.05, 0.1) is 12.1 Å². The van der Waals surface area contributed by atoms with Crippen molar-refractivity contribution in [2.75, 3.05) is 0 Å². The van der Waals surface area contributed by atoms with Crippen molar-refractivity contribution in [3.8, 4) is 0 Å². The largest absolute Gasteiger partial charge is 0.341 e. The number of hydrogen-bond acceptors (Lipinski definition) is 0. The Bertz CT molecular complexity index is 158. The van der Waals surface area contributed by atoms with Crippen molar-refractivity contribution in [3.63, 3.8) is 0 Å². The maximum atomic E-state index is 5.57. The summed E-state index contributed by atoms with van der Waals surface area (Å²) < 4.78 is 2.11. The van der Waals surface area contributed by atoms with E-state index >= 15 is 0 Å². The SMILES string of the molecule is C[C@@H]1CCC[C@H](C)[N+]1=C(N)N. The minimum atomic E-state index is 0.477. The summed E-state index contributed by atoms with van der Waals surface area (Å²) in [5.41, 5.74) is 11.1. The van der Waals surface area contributed by atoms with Gasteiger partial charge in [-0.05, 0) is 33.1 Å². The van der Waals surface area contributed by atoms with Gasteiger partial charge in [-0.15, -0.1) is 0 Å². The van der Waals surface area contributed by atoms with Crippen LogP contribution in [0.2, 0.25) is 0 Å². The number of nitrogens with zero attached hydrogens (tertiary/aromatic N) is 1. The van der Waals surface area contributed by atoms with E-state index in [1.54, 1.807) is 0 Å². The first kappa shape index (κ1) is 8.37. The highest BCUT2D eigenvalue weighted by atomic mass is 15.2. The molecule has 1 fully saturated rings. The van der Waals surface area contributed by atoms with E-state index in [1.807, 2.05) is 0 Å². The standard InChI is InChI=1S/C8H17N3/c1-6-4-3-5-7(2)11(6)8(9)10/h6-7H,3-5H2,1-2H3,(H3,9,10)/p+1/t6-,7+. The van der Waals surface area contributed by atoms with E-state index in [0.29, 0.717) is 18.0 Å². The molecule has 64 valence electrons.